The number of benzene rings is 2. The highest BCUT2D eigenvalue weighted by atomic mass is 16.7. The molecule has 1 aliphatic rings. The highest BCUT2D eigenvalue weighted by Crippen LogP contribution is 2.37. The van der Waals surface area contributed by atoms with Gasteiger partial charge in [-0.1, -0.05) is 45.6 Å². The Morgan fingerprint density at radius 2 is 1.69 bits per heavy atom. The van der Waals surface area contributed by atoms with Gasteiger partial charge in [0.05, 0.1) is 11.1 Å². The Kier molecular flexibility index (Phi) is 9.92. The topological polar surface area (TPSA) is 97.4 Å². The summed E-state index contributed by atoms with van der Waals surface area (Å²) in [6.45, 7) is 15.3. The molecular formula is C31H38O8. The monoisotopic (exact) mass is 538 g/mol. The van der Waals surface area contributed by atoms with Gasteiger partial charge in [-0.25, -0.2) is 9.59 Å². The normalized spacial score (nSPS) is 22.9. The van der Waals surface area contributed by atoms with E-state index < -0.39 is 24.0 Å². The molecule has 0 aromatic heterocycles. The number of esters is 2. The molecule has 39 heavy (non-hydrogen) atoms. The van der Waals surface area contributed by atoms with Crippen LogP contribution in [0.3, 0.4) is 0 Å². The first kappa shape index (κ1) is 29.9. The van der Waals surface area contributed by atoms with Crippen molar-refractivity contribution < 1.29 is 38.1 Å². The number of carbonyl (C=O) groups is 3. The summed E-state index contributed by atoms with van der Waals surface area (Å²) in [4.78, 5) is 36.6. The smallest absolute Gasteiger partial charge is 0.338 e. The van der Waals surface area contributed by atoms with E-state index in [4.69, 9.17) is 23.7 Å². The average molecular weight is 539 g/mol. The lowest BCUT2D eigenvalue weighted by Gasteiger charge is -2.42. The molecule has 1 heterocycles. The molecule has 0 amide bonds. The van der Waals surface area contributed by atoms with Crippen LogP contribution in [0, 0.1) is 17.8 Å². The summed E-state index contributed by atoms with van der Waals surface area (Å²) < 4.78 is 28.6. The highest BCUT2D eigenvalue weighted by molar-refractivity contribution is 5.89. The van der Waals surface area contributed by atoms with Crippen LogP contribution < -0.4 is 9.47 Å². The second-order valence-electron chi connectivity index (χ2n) is 10.8. The molecule has 0 spiro atoms. The van der Waals surface area contributed by atoms with E-state index in [0.29, 0.717) is 28.9 Å². The molecule has 1 fully saturated rings. The highest BCUT2D eigenvalue weighted by Gasteiger charge is 2.44. The van der Waals surface area contributed by atoms with Gasteiger partial charge in [-0.3, -0.25) is 4.79 Å². The third kappa shape index (κ3) is 7.93. The quantitative estimate of drug-likeness (QED) is 0.214. The molecule has 0 aliphatic carbocycles. The van der Waals surface area contributed by atoms with E-state index in [0.717, 1.165) is 5.56 Å². The predicted molar refractivity (Wildman–Crippen MR) is 146 cm³/mol. The summed E-state index contributed by atoms with van der Waals surface area (Å²) in [5.74, 6) is -0.0511. The van der Waals surface area contributed by atoms with Crippen molar-refractivity contribution in [2.75, 3.05) is 6.61 Å². The Labute approximate surface area is 230 Å². The number of ether oxygens (including phenoxy) is 5. The fourth-order valence-corrected chi connectivity index (χ4v) is 4.20. The van der Waals surface area contributed by atoms with Crippen molar-refractivity contribution in [2.24, 2.45) is 17.8 Å². The van der Waals surface area contributed by atoms with E-state index in [1.54, 1.807) is 42.5 Å². The van der Waals surface area contributed by atoms with Crippen molar-refractivity contribution in [2.45, 2.75) is 66.1 Å². The van der Waals surface area contributed by atoms with Gasteiger partial charge in [0.15, 0.2) is 12.4 Å². The summed E-state index contributed by atoms with van der Waals surface area (Å²) in [6, 6.07) is 11.9. The largest absolute Gasteiger partial charge is 0.489 e. The van der Waals surface area contributed by atoms with Crippen LogP contribution in [0.15, 0.2) is 55.1 Å². The first-order valence-electron chi connectivity index (χ1n) is 13.1. The van der Waals surface area contributed by atoms with E-state index in [2.05, 4.69) is 6.58 Å². The van der Waals surface area contributed by atoms with Crippen LogP contribution in [0.5, 0.6) is 11.5 Å². The van der Waals surface area contributed by atoms with Crippen molar-refractivity contribution >= 4 is 18.2 Å². The van der Waals surface area contributed by atoms with Crippen molar-refractivity contribution in [1.29, 1.82) is 0 Å². The van der Waals surface area contributed by atoms with Crippen LogP contribution in [0.2, 0.25) is 0 Å². The molecule has 210 valence electrons. The lowest BCUT2D eigenvalue weighted by molar-refractivity contribution is -0.222. The fourth-order valence-electron chi connectivity index (χ4n) is 4.20. The maximum absolute atomic E-state index is 12.5. The van der Waals surface area contributed by atoms with E-state index >= 15 is 0 Å². The molecule has 2 unspecified atom stereocenters. The molecular weight excluding hydrogens is 500 g/mol. The molecule has 0 saturated carbocycles. The van der Waals surface area contributed by atoms with Gasteiger partial charge in [-0.05, 0) is 68.5 Å². The van der Waals surface area contributed by atoms with E-state index in [-0.39, 0.29) is 36.9 Å². The van der Waals surface area contributed by atoms with Crippen LogP contribution >= 0.6 is 0 Å². The van der Waals surface area contributed by atoms with Crippen molar-refractivity contribution in [3.63, 3.8) is 0 Å². The molecule has 0 N–H and O–H groups in total. The molecule has 3 rings (SSSR count). The Morgan fingerprint density at radius 3 is 2.31 bits per heavy atom. The first-order valence-corrected chi connectivity index (χ1v) is 13.1. The van der Waals surface area contributed by atoms with Crippen molar-refractivity contribution in [3.8, 4) is 11.5 Å². The van der Waals surface area contributed by atoms with Gasteiger partial charge in [0, 0.05) is 5.92 Å². The number of aldehydes is 1. The van der Waals surface area contributed by atoms with Gasteiger partial charge >= 0.3 is 11.9 Å². The van der Waals surface area contributed by atoms with Gasteiger partial charge in [-0.15, -0.1) is 0 Å². The number of hydrogen-bond acceptors (Lipinski definition) is 8. The van der Waals surface area contributed by atoms with Gasteiger partial charge in [0.1, 0.15) is 30.3 Å². The number of hydrogen-bond donors (Lipinski definition) is 0. The van der Waals surface area contributed by atoms with Crippen molar-refractivity contribution in [3.05, 3.63) is 71.8 Å². The molecule has 0 radical (unpaired) electrons. The summed E-state index contributed by atoms with van der Waals surface area (Å²) in [6.07, 6.45) is 0.661. The molecule has 8 nitrogen and oxygen atoms in total. The molecule has 8 heteroatoms. The molecule has 5 atom stereocenters. The maximum Gasteiger partial charge on any atom is 0.338 e. The van der Waals surface area contributed by atoms with E-state index in [1.165, 1.54) is 6.08 Å². The molecule has 0 bridgehead atoms. The molecule has 1 aliphatic heterocycles. The Bertz CT molecular complexity index is 1160. The molecule has 2 aromatic carbocycles. The van der Waals surface area contributed by atoms with Crippen molar-refractivity contribution in [1.82, 2.24) is 0 Å². The SMILES string of the molecule is C=CCOC(=O)C1O[C@@H](Oc2ccc(OCc3ccc(C(=O)OC(C)(C)C)cc3)cc2C=O)C(C)[C@@H](C)[C@@H]1C. The summed E-state index contributed by atoms with van der Waals surface area (Å²) in [5.41, 5.74) is 1.03. The van der Waals surface area contributed by atoms with Gasteiger partial charge in [0.2, 0.25) is 6.29 Å². The minimum Gasteiger partial charge on any atom is -0.489 e. The van der Waals surface area contributed by atoms with Crippen LogP contribution in [-0.4, -0.2) is 42.8 Å². The minimum absolute atomic E-state index is 0.0393. The average Bonchev–Trinajstić information content (AvgIpc) is 2.90. The van der Waals surface area contributed by atoms with E-state index in [1.807, 2.05) is 41.5 Å². The van der Waals surface area contributed by atoms with E-state index in [9.17, 15) is 14.4 Å². The van der Waals surface area contributed by atoms with Crippen LogP contribution in [-0.2, 0) is 25.6 Å². The first-order chi connectivity index (χ1) is 18.4. The molecule has 2 aromatic rings. The maximum atomic E-state index is 12.5. The zero-order valence-corrected chi connectivity index (χ0v) is 23.5. The summed E-state index contributed by atoms with van der Waals surface area (Å²) in [5, 5.41) is 0. The number of carbonyl (C=O) groups excluding carboxylic acids is 3. The Balaban J connectivity index is 1.66. The Hall–Kier alpha value is -3.65. The third-order valence-electron chi connectivity index (χ3n) is 6.77. The fraction of sp³-hybridized carbons (Fsp3) is 0.452. The zero-order chi connectivity index (χ0) is 28.7. The Morgan fingerprint density at radius 1 is 1.00 bits per heavy atom. The second kappa shape index (κ2) is 12.9. The summed E-state index contributed by atoms with van der Waals surface area (Å²) >= 11 is 0. The predicted octanol–water partition coefficient (Wildman–Crippen LogP) is 5.77. The molecule has 1 saturated heterocycles. The second-order valence-corrected chi connectivity index (χ2v) is 10.8. The lowest BCUT2D eigenvalue weighted by Crippen LogP contribution is -2.50. The standard InChI is InChI=1S/C31H38O8/c1-8-15-35-29(34)27-20(3)19(2)21(4)30(38-27)37-26-14-13-25(16-24(26)17-32)36-18-22-9-11-23(12-10-22)28(33)39-31(5,6)7/h8-14,16-17,19-21,27,30H,1,15,18H2,2-7H3/t19-,20-,21?,27?,30+/m0/s1. The van der Waals surface area contributed by atoms with Gasteiger partial charge in [0.25, 0.3) is 0 Å². The minimum atomic E-state index is -0.787. The van der Waals surface area contributed by atoms with Crippen LogP contribution in [0.25, 0.3) is 0 Å². The lowest BCUT2D eigenvalue weighted by atomic mass is 9.79. The van der Waals surface area contributed by atoms with Gasteiger partial charge in [-0.2, -0.15) is 0 Å². The summed E-state index contributed by atoms with van der Waals surface area (Å²) in [7, 11) is 0. The van der Waals surface area contributed by atoms with Crippen LogP contribution in [0.1, 0.15) is 67.8 Å². The zero-order valence-electron chi connectivity index (χ0n) is 23.5. The van der Waals surface area contributed by atoms with Gasteiger partial charge < -0.3 is 23.7 Å². The third-order valence-corrected chi connectivity index (χ3v) is 6.77. The van der Waals surface area contributed by atoms with Crippen LogP contribution in [0.4, 0.5) is 0 Å². The number of rotatable bonds is 10.